The van der Waals surface area contributed by atoms with E-state index in [0.717, 1.165) is 13.2 Å². The number of nitrogens with two attached hydrogens (primary N) is 1. The van der Waals surface area contributed by atoms with Crippen LogP contribution < -0.4 is 5.73 Å². The Balaban J connectivity index is 3.41. The summed E-state index contributed by atoms with van der Waals surface area (Å²) in [5.74, 6) is -0.789. The molecule has 0 bridgehead atoms. The first-order chi connectivity index (χ1) is 8.82. The van der Waals surface area contributed by atoms with Crippen LogP contribution in [-0.2, 0) is 11.3 Å². The lowest BCUT2D eigenvalue weighted by atomic mass is 10.0. The molecule has 102 valence electrons. The van der Waals surface area contributed by atoms with Gasteiger partial charge in [0.15, 0.2) is 0 Å². The molecule has 0 fully saturated rings. The fourth-order valence-corrected chi connectivity index (χ4v) is 2.12. The Kier molecular flexibility index (Phi) is 4.80. The molecule has 8 heteroatoms. The van der Waals surface area contributed by atoms with Gasteiger partial charge in [0.1, 0.15) is 6.07 Å². The number of ether oxygens (including phenoxy) is 1. The molecular weight excluding hydrogens is 281 g/mol. The third-order valence-electron chi connectivity index (χ3n) is 2.16. The van der Waals surface area contributed by atoms with Gasteiger partial charge in [-0.1, -0.05) is 0 Å². The fraction of sp³-hybridized carbons (Fsp3) is 0.273. The van der Waals surface area contributed by atoms with Gasteiger partial charge in [-0.05, 0) is 29.5 Å². The largest absolute Gasteiger partial charge is 0.465 e. The van der Waals surface area contributed by atoms with E-state index in [9.17, 15) is 18.0 Å². The Bertz CT molecular complexity index is 538. The number of alkyl halides is 3. The molecule has 1 aromatic carbocycles. The zero-order valence-electron chi connectivity index (χ0n) is 9.75. The Morgan fingerprint density at radius 1 is 1.53 bits per heavy atom. The Morgan fingerprint density at radius 2 is 2.16 bits per heavy atom. The quantitative estimate of drug-likeness (QED) is 0.683. The summed E-state index contributed by atoms with van der Waals surface area (Å²) in [5.41, 5.74) is 0.718. The van der Waals surface area contributed by atoms with Gasteiger partial charge < -0.3 is 10.5 Å². The molecule has 0 amide bonds. The molecule has 19 heavy (non-hydrogen) atoms. The topological polar surface area (TPSA) is 76.1 Å². The number of esters is 1. The average Bonchev–Trinajstić information content (AvgIpc) is 2.34. The maximum atomic E-state index is 12.4. The van der Waals surface area contributed by atoms with Crippen LogP contribution in [0, 0.1) is 11.3 Å². The average molecular weight is 290 g/mol. The number of halogens is 3. The molecule has 0 saturated heterocycles. The maximum Gasteiger partial charge on any atom is 0.446 e. The highest BCUT2D eigenvalue weighted by molar-refractivity contribution is 8.00. The van der Waals surface area contributed by atoms with E-state index in [1.165, 1.54) is 6.07 Å². The molecule has 0 spiro atoms. The lowest BCUT2D eigenvalue weighted by Crippen LogP contribution is -2.09. The standard InChI is InChI=1S/C11H9F3N2O2S/c1-18-10(17)6-2-7(4-15)8(5-16)9(3-6)19-11(12,13)14/h2-3H,4,15H2,1H3. The number of methoxy groups -OCH3 is 1. The minimum absolute atomic E-state index is 0.0753. The van der Waals surface area contributed by atoms with Crippen molar-refractivity contribution in [1.82, 2.24) is 0 Å². The number of nitriles is 1. The van der Waals surface area contributed by atoms with Crippen LogP contribution in [-0.4, -0.2) is 18.6 Å². The molecule has 0 aromatic heterocycles. The Morgan fingerprint density at radius 3 is 2.58 bits per heavy atom. The third kappa shape index (κ3) is 3.87. The summed E-state index contributed by atoms with van der Waals surface area (Å²) >= 11 is -0.462. The smallest absolute Gasteiger partial charge is 0.446 e. The normalized spacial score (nSPS) is 10.9. The van der Waals surface area contributed by atoms with E-state index in [4.69, 9.17) is 11.0 Å². The molecule has 0 saturated carbocycles. The van der Waals surface area contributed by atoms with Crippen LogP contribution in [0.2, 0.25) is 0 Å². The number of carbonyl (C=O) groups excluding carboxylic acids is 1. The van der Waals surface area contributed by atoms with E-state index in [1.54, 1.807) is 6.07 Å². The molecule has 1 aromatic rings. The van der Waals surface area contributed by atoms with Gasteiger partial charge in [0.05, 0.1) is 18.2 Å². The van der Waals surface area contributed by atoms with Gasteiger partial charge in [0.25, 0.3) is 0 Å². The van der Waals surface area contributed by atoms with E-state index in [-0.39, 0.29) is 28.1 Å². The second kappa shape index (κ2) is 5.95. The molecule has 4 nitrogen and oxygen atoms in total. The van der Waals surface area contributed by atoms with Crippen LogP contribution in [0.1, 0.15) is 21.5 Å². The van der Waals surface area contributed by atoms with Gasteiger partial charge in [-0.15, -0.1) is 0 Å². The lowest BCUT2D eigenvalue weighted by molar-refractivity contribution is -0.0328. The monoisotopic (exact) mass is 290 g/mol. The molecule has 0 aliphatic rings. The Hall–Kier alpha value is -1.72. The van der Waals surface area contributed by atoms with Gasteiger partial charge in [0, 0.05) is 11.4 Å². The third-order valence-corrected chi connectivity index (χ3v) is 2.94. The number of thioether (sulfide) groups is 1. The summed E-state index contributed by atoms with van der Waals surface area (Å²) in [4.78, 5) is 11.0. The summed E-state index contributed by atoms with van der Waals surface area (Å²) in [6.07, 6.45) is 0. The van der Waals surface area contributed by atoms with E-state index in [0.29, 0.717) is 0 Å². The van der Waals surface area contributed by atoms with Crippen molar-refractivity contribution >= 4 is 17.7 Å². The van der Waals surface area contributed by atoms with Gasteiger partial charge in [-0.3, -0.25) is 0 Å². The number of rotatable bonds is 3. The predicted molar refractivity (Wildman–Crippen MR) is 62.3 cm³/mol. The van der Waals surface area contributed by atoms with E-state index in [1.807, 2.05) is 0 Å². The first kappa shape index (κ1) is 15.3. The minimum Gasteiger partial charge on any atom is -0.465 e. The molecule has 0 atom stereocenters. The van der Waals surface area contributed by atoms with Gasteiger partial charge in [-0.2, -0.15) is 18.4 Å². The van der Waals surface area contributed by atoms with Crippen molar-refractivity contribution in [3.63, 3.8) is 0 Å². The van der Waals surface area contributed by atoms with Crippen molar-refractivity contribution in [3.05, 3.63) is 28.8 Å². The fourth-order valence-electron chi connectivity index (χ4n) is 1.40. The minimum atomic E-state index is -4.56. The van der Waals surface area contributed by atoms with Gasteiger partial charge >= 0.3 is 11.5 Å². The zero-order chi connectivity index (χ0) is 14.6. The van der Waals surface area contributed by atoms with Crippen LogP contribution in [0.15, 0.2) is 17.0 Å². The SMILES string of the molecule is COC(=O)c1cc(CN)c(C#N)c(SC(F)(F)F)c1. The highest BCUT2D eigenvalue weighted by Gasteiger charge is 2.31. The maximum absolute atomic E-state index is 12.4. The Labute approximate surface area is 111 Å². The van der Waals surface area contributed by atoms with Crippen molar-refractivity contribution in [2.45, 2.75) is 16.9 Å². The summed E-state index contributed by atoms with van der Waals surface area (Å²) in [6, 6.07) is 3.90. The van der Waals surface area contributed by atoms with Gasteiger partial charge in [0.2, 0.25) is 0 Å². The molecule has 0 radical (unpaired) electrons. The first-order valence-electron chi connectivity index (χ1n) is 4.93. The van der Waals surface area contributed by atoms with Crippen molar-refractivity contribution in [3.8, 4) is 6.07 Å². The number of nitrogens with zero attached hydrogens (tertiary/aromatic N) is 1. The molecule has 2 N–H and O–H groups in total. The molecule has 0 aliphatic carbocycles. The summed E-state index contributed by atoms with van der Waals surface area (Å²) in [6.45, 7) is -0.154. The second-order valence-electron chi connectivity index (χ2n) is 3.36. The molecular formula is C11H9F3N2O2S. The highest BCUT2D eigenvalue weighted by Crippen LogP contribution is 2.39. The summed E-state index contributed by atoms with van der Waals surface area (Å²) in [5, 5.41) is 8.91. The molecule has 1 rings (SSSR count). The van der Waals surface area contributed by atoms with Crippen molar-refractivity contribution < 1.29 is 22.7 Å². The number of hydrogen-bond donors (Lipinski definition) is 1. The van der Waals surface area contributed by atoms with Crippen molar-refractivity contribution in [2.24, 2.45) is 5.73 Å². The molecule has 0 aliphatic heterocycles. The highest BCUT2D eigenvalue weighted by atomic mass is 32.2. The summed E-state index contributed by atoms with van der Waals surface area (Å²) < 4.78 is 41.7. The van der Waals surface area contributed by atoms with Crippen LogP contribution in [0.25, 0.3) is 0 Å². The number of hydrogen-bond acceptors (Lipinski definition) is 5. The van der Waals surface area contributed by atoms with Crippen LogP contribution in [0.4, 0.5) is 13.2 Å². The van der Waals surface area contributed by atoms with Crippen molar-refractivity contribution in [1.29, 1.82) is 5.26 Å². The van der Waals surface area contributed by atoms with E-state index < -0.39 is 23.2 Å². The van der Waals surface area contributed by atoms with Crippen molar-refractivity contribution in [2.75, 3.05) is 7.11 Å². The van der Waals surface area contributed by atoms with Crippen LogP contribution in [0.5, 0.6) is 0 Å². The predicted octanol–water partition coefficient (Wildman–Crippen LogP) is 2.42. The summed E-state index contributed by atoms with van der Waals surface area (Å²) in [7, 11) is 1.11. The van der Waals surface area contributed by atoms with Gasteiger partial charge in [-0.25, -0.2) is 4.79 Å². The van der Waals surface area contributed by atoms with E-state index >= 15 is 0 Å². The zero-order valence-corrected chi connectivity index (χ0v) is 10.6. The molecule has 0 heterocycles. The second-order valence-corrected chi connectivity index (χ2v) is 4.47. The lowest BCUT2D eigenvalue weighted by Gasteiger charge is -2.12. The van der Waals surface area contributed by atoms with Crippen LogP contribution >= 0.6 is 11.8 Å². The van der Waals surface area contributed by atoms with Crippen LogP contribution in [0.3, 0.4) is 0 Å². The first-order valence-corrected chi connectivity index (χ1v) is 5.75. The number of carbonyl (C=O) groups is 1. The number of benzene rings is 1. The van der Waals surface area contributed by atoms with E-state index in [2.05, 4.69) is 4.74 Å². The molecule has 0 unspecified atom stereocenters.